The summed E-state index contributed by atoms with van der Waals surface area (Å²) in [6, 6.07) is 0. The second kappa shape index (κ2) is 6.56. The molecule has 0 amide bonds. The van der Waals surface area contributed by atoms with Crippen molar-refractivity contribution in [2.45, 2.75) is 0 Å². The fourth-order valence-corrected chi connectivity index (χ4v) is 1.72. The predicted octanol–water partition coefficient (Wildman–Crippen LogP) is 1.45. The van der Waals surface area contributed by atoms with Crippen molar-refractivity contribution in [2.24, 2.45) is 0 Å². The van der Waals surface area contributed by atoms with Crippen molar-refractivity contribution in [2.75, 3.05) is 0 Å². The van der Waals surface area contributed by atoms with Crippen molar-refractivity contribution < 1.29 is 9.05 Å². The molecule has 0 aromatic carbocycles. The Labute approximate surface area is 69.2 Å². The topological polar surface area (TPSA) is 27.7 Å². The van der Waals surface area contributed by atoms with Gasteiger partial charge in [0, 0.05) is 0 Å². The molecule has 0 heterocycles. The molecule has 0 spiro atoms. The third kappa shape index (κ3) is 4.33. The molecule has 0 unspecified atom stereocenters. The van der Waals surface area contributed by atoms with Crippen LogP contribution < -0.4 is 0 Å². The fraction of sp³-hybridized carbons (Fsp3) is 0. The van der Waals surface area contributed by atoms with Gasteiger partial charge in [0.2, 0.25) is 0 Å². The van der Waals surface area contributed by atoms with E-state index in [0.29, 0.717) is 0 Å². The molecule has 0 saturated heterocycles. The Morgan fingerprint density at radius 2 is 1.10 bits per heavy atom. The normalized spacial score (nSPS) is 8.10. The Hall–Kier alpha value is -0.562. The zero-order chi connectivity index (χ0) is 7.82. The van der Waals surface area contributed by atoms with Crippen LogP contribution in [0.25, 0.3) is 0 Å². The van der Waals surface area contributed by atoms with E-state index in [0.717, 1.165) is 0 Å². The van der Waals surface area contributed by atoms with Gasteiger partial charge < -0.3 is 0 Å². The van der Waals surface area contributed by atoms with Gasteiger partial charge in [-0.3, -0.25) is 0 Å². The van der Waals surface area contributed by atoms with Gasteiger partial charge in [0.15, 0.2) is 0 Å². The number of hydrogen-bond acceptors (Lipinski definition) is 3. The average molecular weight is 251 g/mol. The summed E-state index contributed by atoms with van der Waals surface area (Å²) in [5.41, 5.74) is 0. The van der Waals surface area contributed by atoms with Crippen LogP contribution in [0.15, 0.2) is 38.5 Å². The van der Waals surface area contributed by atoms with E-state index in [9.17, 15) is 0 Å². The summed E-state index contributed by atoms with van der Waals surface area (Å²) in [5, 5.41) is 0. The summed E-state index contributed by atoms with van der Waals surface area (Å²) in [6.07, 6.45) is 3.86. The van der Waals surface area contributed by atoms with E-state index in [2.05, 4.69) is 19.7 Å². The molecule has 0 aliphatic rings. The zero-order valence-corrected chi connectivity index (χ0v) is 8.08. The molecule has 0 aliphatic heterocycles. The molecule has 10 heavy (non-hydrogen) atoms. The standard InChI is InChI=1S/3C2H4O.Sb/c3*1-2-3;/h3*2-3H,1H2;/q;;;+3/p-3. The van der Waals surface area contributed by atoms with Crippen LogP contribution in [0.2, 0.25) is 0 Å². The Kier molecular flexibility index (Phi) is 6.19. The van der Waals surface area contributed by atoms with Crippen molar-refractivity contribution in [3.05, 3.63) is 38.5 Å². The van der Waals surface area contributed by atoms with Crippen molar-refractivity contribution >= 4 is 21.5 Å². The van der Waals surface area contributed by atoms with Gasteiger partial charge in [0.05, 0.1) is 0 Å². The minimum atomic E-state index is -2.49. The van der Waals surface area contributed by atoms with E-state index >= 15 is 0 Å². The molecule has 0 atom stereocenters. The van der Waals surface area contributed by atoms with Gasteiger partial charge in [-0.2, -0.15) is 0 Å². The molecule has 3 nitrogen and oxygen atoms in total. The monoisotopic (exact) mass is 250 g/mol. The second-order valence-electron chi connectivity index (χ2n) is 1.04. The summed E-state index contributed by atoms with van der Waals surface area (Å²) >= 11 is -2.49. The molecule has 0 aromatic heterocycles. The third-order valence-corrected chi connectivity index (χ3v) is 3.23. The maximum atomic E-state index is 4.88. The van der Waals surface area contributed by atoms with Gasteiger partial charge >= 0.3 is 69.0 Å². The average Bonchev–Trinajstić information content (AvgIpc) is 1.90. The number of rotatable bonds is 6. The van der Waals surface area contributed by atoms with Gasteiger partial charge in [0.1, 0.15) is 0 Å². The first kappa shape index (κ1) is 9.44. The molecule has 0 aromatic rings. The molecule has 0 fully saturated rings. The SMILES string of the molecule is C=C[O][Sb]([O]C=C)[O]C=C. The summed E-state index contributed by atoms with van der Waals surface area (Å²) in [7, 11) is 0. The Morgan fingerprint density at radius 1 is 0.800 bits per heavy atom. The molecule has 0 rings (SSSR count). The van der Waals surface area contributed by atoms with Crippen LogP contribution in [-0.4, -0.2) is 21.5 Å². The summed E-state index contributed by atoms with van der Waals surface area (Å²) in [4.78, 5) is 0. The Balaban J connectivity index is 3.58. The van der Waals surface area contributed by atoms with E-state index in [-0.39, 0.29) is 0 Å². The first-order chi connectivity index (χ1) is 4.85. The zero-order valence-electron chi connectivity index (χ0n) is 5.53. The van der Waals surface area contributed by atoms with Crippen molar-refractivity contribution in [1.29, 1.82) is 0 Å². The van der Waals surface area contributed by atoms with Gasteiger partial charge in [-0.25, -0.2) is 0 Å². The van der Waals surface area contributed by atoms with Gasteiger partial charge in [-0.1, -0.05) is 0 Å². The minimum absolute atomic E-state index is 1.29. The van der Waals surface area contributed by atoms with Gasteiger partial charge in [0.25, 0.3) is 0 Å². The van der Waals surface area contributed by atoms with E-state index in [1.165, 1.54) is 18.8 Å². The molecule has 0 N–H and O–H groups in total. The third-order valence-electron chi connectivity index (χ3n) is 0.482. The molecule has 0 saturated carbocycles. The molecule has 4 heteroatoms. The summed E-state index contributed by atoms with van der Waals surface area (Å²) in [5.74, 6) is 0. The maximum absolute atomic E-state index is 4.88. The summed E-state index contributed by atoms with van der Waals surface area (Å²) in [6.45, 7) is 10.1. The summed E-state index contributed by atoms with van der Waals surface area (Å²) < 4.78 is 14.6. The first-order valence-corrected chi connectivity index (χ1v) is 5.61. The molecule has 0 radical (unpaired) electrons. The van der Waals surface area contributed by atoms with Crippen LogP contribution in [0.1, 0.15) is 0 Å². The van der Waals surface area contributed by atoms with Crippen molar-refractivity contribution in [3.63, 3.8) is 0 Å². The van der Waals surface area contributed by atoms with E-state index in [1.54, 1.807) is 0 Å². The van der Waals surface area contributed by atoms with E-state index < -0.39 is 21.5 Å². The van der Waals surface area contributed by atoms with E-state index in [1.807, 2.05) is 0 Å². The Morgan fingerprint density at radius 3 is 1.30 bits per heavy atom. The molecular formula is C6H9O3Sb. The quantitative estimate of drug-likeness (QED) is 0.528. The first-order valence-electron chi connectivity index (χ1n) is 2.48. The van der Waals surface area contributed by atoms with Crippen molar-refractivity contribution in [1.82, 2.24) is 0 Å². The number of hydrogen-bond donors (Lipinski definition) is 0. The van der Waals surface area contributed by atoms with Crippen molar-refractivity contribution in [3.8, 4) is 0 Å². The molecular weight excluding hydrogens is 242 g/mol. The van der Waals surface area contributed by atoms with Gasteiger partial charge in [-0.15, -0.1) is 0 Å². The van der Waals surface area contributed by atoms with E-state index in [4.69, 9.17) is 9.05 Å². The second-order valence-corrected chi connectivity index (χ2v) is 4.12. The molecule has 0 bridgehead atoms. The molecule has 0 aliphatic carbocycles. The van der Waals surface area contributed by atoms with Crippen LogP contribution >= 0.6 is 0 Å². The molecule has 56 valence electrons. The van der Waals surface area contributed by atoms with Crippen LogP contribution in [0.5, 0.6) is 0 Å². The van der Waals surface area contributed by atoms with Crippen LogP contribution in [0.3, 0.4) is 0 Å². The predicted molar refractivity (Wildman–Crippen MR) is 39.6 cm³/mol. The Bertz CT molecular complexity index is 100. The van der Waals surface area contributed by atoms with Crippen LogP contribution in [0.4, 0.5) is 0 Å². The van der Waals surface area contributed by atoms with Crippen LogP contribution in [0, 0.1) is 0 Å². The fourth-order valence-electron chi connectivity index (χ4n) is 0.257. The van der Waals surface area contributed by atoms with Crippen LogP contribution in [-0.2, 0) is 9.05 Å². The van der Waals surface area contributed by atoms with Gasteiger partial charge in [-0.05, 0) is 0 Å².